The van der Waals surface area contributed by atoms with Gasteiger partial charge in [-0.1, -0.05) is 29.8 Å². The maximum Gasteiger partial charge on any atom is 0.179 e. The minimum Gasteiger partial charge on any atom is -0.214 e. The van der Waals surface area contributed by atoms with Crippen LogP contribution in [-0.4, -0.2) is 14.2 Å². The van der Waals surface area contributed by atoms with E-state index in [-0.39, 0.29) is 0 Å². The first-order chi connectivity index (χ1) is 9.79. The summed E-state index contributed by atoms with van der Waals surface area (Å²) in [5.41, 5.74) is 1.22. The maximum absolute atomic E-state index is 9.17. The van der Waals surface area contributed by atoms with Gasteiger partial charge in [-0.15, -0.1) is 0 Å². The minimum atomic E-state index is 0.338. The molecule has 5 nitrogen and oxygen atoms in total. The van der Waals surface area contributed by atoms with E-state index in [0.29, 0.717) is 21.2 Å². The number of para-hydroxylation sites is 1. The van der Waals surface area contributed by atoms with Crippen LogP contribution in [0.25, 0.3) is 5.69 Å². The van der Waals surface area contributed by atoms with E-state index < -0.39 is 0 Å². The number of nitrogens with zero attached hydrogens (tertiary/aromatic N) is 5. The first-order valence-corrected chi connectivity index (χ1v) is 7.98. The van der Waals surface area contributed by atoms with Gasteiger partial charge in [0.2, 0.25) is 0 Å². The Bertz CT molecular complexity index is 841. The Morgan fingerprint density at radius 2 is 2.10 bits per heavy atom. The van der Waals surface area contributed by atoms with Gasteiger partial charge in [-0.2, -0.15) is 14.7 Å². The van der Waals surface area contributed by atoms with Crippen molar-refractivity contribution in [1.29, 1.82) is 5.26 Å². The first kappa shape index (κ1) is 13.0. The fraction of sp³-hybridized carbons (Fsp3) is 0. The summed E-state index contributed by atoms with van der Waals surface area (Å²) in [5.74, 6) is 0.456. The monoisotopic (exact) mass is 319 g/mol. The Hall–Kier alpha value is -2.01. The summed E-state index contributed by atoms with van der Waals surface area (Å²) in [5, 5.41) is 13.7. The summed E-state index contributed by atoms with van der Waals surface area (Å²) in [6, 6.07) is 11.6. The lowest BCUT2D eigenvalue weighted by atomic mass is 10.3. The fourth-order valence-electron chi connectivity index (χ4n) is 1.61. The Kier molecular flexibility index (Phi) is 3.60. The minimum absolute atomic E-state index is 0.338. The molecule has 98 valence electrons. The van der Waals surface area contributed by atoms with E-state index in [9.17, 15) is 5.26 Å². The normalized spacial score (nSPS) is 11.5. The van der Waals surface area contributed by atoms with Crippen LogP contribution in [-0.2, 0) is 0 Å². The van der Waals surface area contributed by atoms with Crippen molar-refractivity contribution in [3.63, 3.8) is 0 Å². The number of hydrogen-bond acceptors (Lipinski definition) is 6. The number of aromatic nitrogens is 3. The Labute approximate surface area is 126 Å². The summed E-state index contributed by atoms with van der Waals surface area (Å²) < 4.78 is 6.16. The molecule has 0 radical (unpaired) electrons. The van der Waals surface area contributed by atoms with Crippen molar-refractivity contribution in [2.24, 2.45) is 4.99 Å². The highest BCUT2D eigenvalue weighted by Gasteiger charge is 2.12. The highest BCUT2D eigenvalue weighted by molar-refractivity contribution is 7.66. The van der Waals surface area contributed by atoms with Crippen molar-refractivity contribution in [3.05, 3.63) is 51.9 Å². The van der Waals surface area contributed by atoms with Crippen LogP contribution in [0.15, 0.2) is 41.5 Å². The maximum atomic E-state index is 9.17. The lowest BCUT2D eigenvalue weighted by Gasteiger charge is -2.02. The third-order valence-electron chi connectivity index (χ3n) is 2.48. The number of hydrogen-bond donors (Lipinski definition) is 0. The second-order valence-electron chi connectivity index (χ2n) is 3.70. The van der Waals surface area contributed by atoms with Crippen LogP contribution in [0.5, 0.6) is 0 Å². The van der Waals surface area contributed by atoms with Gasteiger partial charge < -0.3 is 0 Å². The van der Waals surface area contributed by atoms with Gasteiger partial charge >= 0.3 is 0 Å². The first-order valence-electron chi connectivity index (χ1n) is 5.49. The second kappa shape index (κ2) is 5.54. The molecule has 2 aromatic heterocycles. The van der Waals surface area contributed by atoms with Crippen molar-refractivity contribution < 1.29 is 0 Å². The lowest BCUT2D eigenvalue weighted by molar-refractivity contribution is 0.876. The molecule has 0 aliphatic rings. The smallest absolute Gasteiger partial charge is 0.179 e. The SMILES string of the molecule is N#Cc1cnn(-c2ccccc2)c1/N=c1\ssnc1Cl. The fourth-order valence-corrected chi connectivity index (χ4v) is 3.58. The molecular weight excluding hydrogens is 314 g/mol. The van der Waals surface area contributed by atoms with Gasteiger partial charge in [-0.05, 0) is 22.5 Å². The molecule has 0 aliphatic heterocycles. The lowest BCUT2D eigenvalue weighted by Crippen LogP contribution is -1.99. The standard InChI is InChI=1S/C12H6ClN5S2/c13-10-12(19-20-17-10)16-11-8(6-14)7-15-18(11)9-4-2-1-3-5-9/h1-5,7H/b16-12-. The van der Waals surface area contributed by atoms with E-state index in [1.165, 1.54) is 27.1 Å². The van der Waals surface area contributed by atoms with E-state index in [1.54, 1.807) is 4.68 Å². The molecule has 0 aliphatic carbocycles. The molecule has 0 saturated carbocycles. The van der Waals surface area contributed by atoms with Gasteiger partial charge in [0.1, 0.15) is 11.6 Å². The highest BCUT2D eigenvalue weighted by Crippen LogP contribution is 2.22. The zero-order chi connectivity index (χ0) is 13.9. The summed E-state index contributed by atoms with van der Waals surface area (Å²) in [6.07, 6.45) is 1.49. The predicted octanol–water partition coefficient (Wildman–Crippen LogP) is 3.15. The van der Waals surface area contributed by atoms with E-state index in [1.807, 2.05) is 30.3 Å². The van der Waals surface area contributed by atoms with Crippen LogP contribution in [0.1, 0.15) is 5.56 Å². The molecular formula is C12H6ClN5S2. The predicted molar refractivity (Wildman–Crippen MR) is 78.5 cm³/mol. The van der Waals surface area contributed by atoms with Crippen molar-refractivity contribution in [2.75, 3.05) is 0 Å². The van der Waals surface area contributed by atoms with Crippen LogP contribution in [0.3, 0.4) is 0 Å². The number of rotatable bonds is 2. The van der Waals surface area contributed by atoms with Crippen molar-refractivity contribution in [3.8, 4) is 11.8 Å². The molecule has 0 spiro atoms. The molecule has 2 heterocycles. The van der Waals surface area contributed by atoms with Gasteiger partial charge in [0, 0.05) is 10.5 Å². The van der Waals surface area contributed by atoms with Crippen LogP contribution in [0.4, 0.5) is 5.82 Å². The quantitative estimate of drug-likeness (QED) is 0.681. The molecule has 0 atom stereocenters. The molecule has 3 aromatic rings. The van der Waals surface area contributed by atoms with Gasteiger partial charge in [0.25, 0.3) is 0 Å². The third kappa shape index (κ3) is 2.36. The molecule has 0 bridgehead atoms. The Balaban J connectivity index is 2.23. The van der Waals surface area contributed by atoms with Crippen molar-refractivity contribution in [2.45, 2.75) is 0 Å². The largest absolute Gasteiger partial charge is 0.214 e. The van der Waals surface area contributed by atoms with E-state index >= 15 is 0 Å². The number of benzene rings is 1. The molecule has 0 fully saturated rings. The average molecular weight is 320 g/mol. The number of nitriles is 1. The average Bonchev–Trinajstić information content (AvgIpc) is 3.07. The van der Waals surface area contributed by atoms with Gasteiger partial charge in [-0.25, -0.2) is 9.67 Å². The summed E-state index contributed by atoms with van der Waals surface area (Å²) in [7, 11) is 2.61. The number of halogens is 1. The summed E-state index contributed by atoms with van der Waals surface area (Å²) in [4.78, 5) is 4.42. The van der Waals surface area contributed by atoms with E-state index in [4.69, 9.17) is 11.6 Å². The van der Waals surface area contributed by atoms with Crippen LogP contribution in [0, 0.1) is 11.3 Å². The van der Waals surface area contributed by atoms with Crippen LogP contribution in [0.2, 0.25) is 5.15 Å². The zero-order valence-corrected chi connectivity index (χ0v) is 12.3. The van der Waals surface area contributed by atoms with Crippen LogP contribution >= 0.6 is 32.5 Å². The zero-order valence-electron chi connectivity index (χ0n) is 9.89. The van der Waals surface area contributed by atoms with Gasteiger partial charge in [0.05, 0.1) is 11.9 Å². The summed E-state index contributed by atoms with van der Waals surface area (Å²) in [6.45, 7) is 0. The Morgan fingerprint density at radius 3 is 2.75 bits per heavy atom. The van der Waals surface area contributed by atoms with E-state index in [0.717, 1.165) is 5.69 Å². The molecule has 0 unspecified atom stereocenters. The molecule has 8 heteroatoms. The Morgan fingerprint density at radius 1 is 1.30 bits per heavy atom. The third-order valence-corrected chi connectivity index (χ3v) is 4.65. The molecule has 0 N–H and O–H groups in total. The van der Waals surface area contributed by atoms with Gasteiger partial charge in [0.15, 0.2) is 15.6 Å². The second-order valence-corrected chi connectivity index (χ2v) is 5.89. The van der Waals surface area contributed by atoms with Crippen molar-refractivity contribution in [1.82, 2.24) is 14.2 Å². The van der Waals surface area contributed by atoms with E-state index in [2.05, 4.69) is 20.5 Å². The van der Waals surface area contributed by atoms with Gasteiger partial charge in [-0.3, -0.25) is 0 Å². The molecule has 1 aromatic carbocycles. The molecule has 20 heavy (non-hydrogen) atoms. The topological polar surface area (TPSA) is 66.9 Å². The molecule has 0 amide bonds. The highest BCUT2D eigenvalue weighted by atomic mass is 35.5. The van der Waals surface area contributed by atoms with Crippen LogP contribution < -0.4 is 4.67 Å². The van der Waals surface area contributed by atoms with Crippen molar-refractivity contribution >= 4 is 38.3 Å². The summed E-state index contributed by atoms with van der Waals surface area (Å²) >= 11 is 5.95. The molecule has 3 rings (SSSR count). The molecule has 0 saturated heterocycles.